The van der Waals surface area contributed by atoms with Crippen LogP contribution < -0.4 is 0 Å². The maximum atomic E-state index is 5.41. The first-order valence-corrected chi connectivity index (χ1v) is 20.0. The third-order valence-corrected chi connectivity index (χ3v) is 11.6. The van der Waals surface area contributed by atoms with Gasteiger partial charge in [0.15, 0.2) is 17.5 Å². The SMILES string of the molecule is c1ccc(-c2nc(-c3ccccc3)nc(-c3ccc(-c4cccc(-c5cc6c7c(cccc7n5)C(c5ccccc5)(c5ccccc5)c5ccccc5-6)c4)cc3)n2)cc1. The number of nitrogens with zero attached hydrogens (tertiary/aromatic N) is 4. The summed E-state index contributed by atoms with van der Waals surface area (Å²) in [7, 11) is 0. The molecule has 0 aliphatic heterocycles. The molecular weight excluding hydrogens is 717 g/mol. The highest BCUT2D eigenvalue weighted by Gasteiger charge is 2.44. The number of pyridine rings is 1. The monoisotopic (exact) mass is 752 g/mol. The fourth-order valence-corrected chi connectivity index (χ4v) is 8.92. The molecular formula is C55H36N4. The predicted molar refractivity (Wildman–Crippen MR) is 240 cm³/mol. The normalized spacial score (nSPS) is 12.5. The molecule has 0 N–H and O–H groups in total. The summed E-state index contributed by atoms with van der Waals surface area (Å²) in [6, 6.07) is 77.0. The smallest absolute Gasteiger partial charge is 0.164 e. The van der Waals surface area contributed by atoms with Crippen molar-refractivity contribution in [3.05, 3.63) is 241 Å². The van der Waals surface area contributed by atoms with Gasteiger partial charge in [-0.05, 0) is 62.7 Å². The van der Waals surface area contributed by atoms with Gasteiger partial charge in [0.25, 0.3) is 0 Å². The van der Waals surface area contributed by atoms with Gasteiger partial charge in [-0.15, -0.1) is 0 Å². The molecule has 0 spiro atoms. The van der Waals surface area contributed by atoms with E-state index in [1.165, 1.54) is 38.8 Å². The second-order valence-corrected chi connectivity index (χ2v) is 15.0. The van der Waals surface area contributed by atoms with Gasteiger partial charge in [-0.25, -0.2) is 19.9 Å². The van der Waals surface area contributed by atoms with Crippen LogP contribution in [0.25, 0.3) is 78.6 Å². The Balaban J connectivity index is 1.01. The van der Waals surface area contributed by atoms with Crippen LogP contribution in [0.15, 0.2) is 218 Å². The molecule has 0 fully saturated rings. The molecule has 4 heteroatoms. The summed E-state index contributed by atoms with van der Waals surface area (Å²) >= 11 is 0. The van der Waals surface area contributed by atoms with Gasteiger partial charge in [-0.3, -0.25) is 0 Å². The Bertz CT molecular complexity index is 3030. The Kier molecular flexibility index (Phi) is 8.34. The first-order valence-electron chi connectivity index (χ1n) is 20.0. The van der Waals surface area contributed by atoms with Gasteiger partial charge in [0.2, 0.25) is 0 Å². The van der Waals surface area contributed by atoms with Gasteiger partial charge < -0.3 is 0 Å². The van der Waals surface area contributed by atoms with E-state index < -0.39 is 5.41 Å². The van der Waals surface area contributed by atoms with Crippen LogP contribution in [-0.4, -0.2) is 19.9 Å². The van der Waals surface area contributed by atoms with Crippen molar-refractivity contribution in [2.75, 3.05) is 0 Å². The van der Waals surface area contributed by atoms with Gasteiger partial charge in [0.1, 0.15) is 0 Å². The van der Waals surface area contributed by atoms with Gasteiger partial charge in [0.05, 0.1) is 16.6 Å². The zero-order valence-electron chi connectivity index (χ0n) is 32.1. The summed E-state index contributed by atoms with van der Waals surface area (Å²) in [4.78, 5) is 20.1. The van der Waals surface area contributed by atoms with Crippen LogP contribution in [0.1, 0.15) is 22.3 Å². The van der Waals surface area contributed by atoms with E-state index in [1.54, 1.807) is 0 Å². The summed E-state index contributed by atoms with van der Waals surface area (Å²) in [6.45, 7) is 0. The summed E-state index contributed by atoms with van der Waals surface area (Å²) in [5.74, 6) is 1.93. The van der Waals surface area contributed by atoms with Gasteiger partial charge >= 0.3 is 0 Å². The lowest BCUT2D eigenvalue weighted by molar-refractivity contribution is 0.749. The standard InChI is InChI=1S/C55H36N4/c1-5-17-38(18-6-1)52-57-53(39-19-7-2-8-20-39)59-54(58-52)40-33-31-37(32-34-40)41-21-15-22-42(35-41)50-36-46-45-27-13-14-28-47(45)55(43-23-9-3-10-24-43,44-25-11-4-12-26-44)48-29-16-30-49(56-50)51(46)48/h1-36H. The Morgan fingerprint density at radius 3 is 1.36 bits per heavy atom. The zero-order chi connectivity index (χ0) is 39.2. The van der Waals surface area contributed by atoms with Crippen molar-refractivity contribution < 1.29 is 0 Å². The molecule has 0 unspecified atom stereocenters. The average molecular weight is 753 g/mol. The molecule has 2 heterocycles. The molecule has 0 radical (unpaired) electrons. The third-order valence-electron chi connectivity index (χ3n) is 11.6. The molecule has 1 aliphatic rings. The van der Waals surface area contributed by atoms with Crippen LogP contribution in [0.3, 0.4) is 0 Å². The highest BCUT2D eigenvalue weighted by molar-refractivity contribution is 6.05. The summed E-state index contributed by atoms with van der Waals surface area (Å²) < 4.78 is 0. The lowest BCUT2D eigenvalue weighted by atomic mass is 9.60. The molecule has 0 bridgehead atoms. The van der Waals surface area contributed by atoms with Crippen LogP contribution in [0.4, 0.5) is 0 Å². The van der Waals surface area contributed by atoms with Gasteiger partial charge in [-0.2, -0.15) is 0 Å². The Morgan fingerprint density at radius 1 is 0.288 bits per heavy atom. The second kappa shape index (κ2) is 14.3. The molecule has 4 nitrogen and oxygen atoms in total. The minimum Gasteiger partial charge on any atom is -0.248 e. The summed E-state index contributed by atoms with van der Waals surface area (Å²) in [6.07, 6.45) is 0. The highest BCUT2D eigenvalue weighted by Crippen LogP contribution is 2.55. The fraction of sp³-hybridized carbons (Fsp3) is 0.0182. The van der Waals surface area contributed by atoms with E-state index in [1.807, 2.05) is 60.7 Å². The largest absolute Gasteiger partial charge is 0.248 e. The number of fused-ring (bicyclic) bond motifs is 2. The minimum atomic E-state index is -0.506. The zero-order valence-corrected chi connectivity index (χ0v) is 32.1. The predicted octanol–water partition coefficient (Wildman–Crippen LogP) is 13.1. The molecule has 0 saturated heterocycles. The molecule has 0 atom stereocenters. The van der Waals surface area contributed by atoms with Crippen molar-refractivity contribution in [1.82, 2.24) is 19.9 Å². The molecule has 11 rings (SSSR count). The van der Waals surface area contributed by atoms with Gasteiger partial charge in [0, 0.05) is 27.6 Å². The number of aromatic nitrogens is 4. The Labute approximate surface area is 343 Å². The molecule has 59 heavy (non-hydrogen) atoms. The first kappa shape index (κ1) is 34.4. The van der Waals surface area contributed by atoms with Crippen molar-refractivity contribution in [2.45, 2.75) is 5.41 Å². The van der Waals surface area contributed by atoms with E-state index in [2.05, 4.69) is 158 Å². The molecule has 0 amide bonds. The minimum absolute atomic E-state index is 0.506. The molecule has 276 valence electrons. The molecule has 1 aliphatic carbocycles. The maximum absolute atomic E-state index is 5.41. The Hall–Kier alpha value is -7.82. The second-order valence-electron chi connectivity index (χ2n) is 15.0. The van der Waals surface area contributed by atoms with Crippen LogP contribution in [0.5, 0.6) is 0 Å². The average Bonchev–Trinajstić information content (AvgIpc) is 3.33. The first-order chi connectivity index (χ1) is 29.2. The maximum Gasteiger partial charge on any atom is 0.164 e. The Morgan fingerprint density at radius 2 is 0.746 bits per heavy atom. The van der Waals surface area contributed by atoms with E-state index in [0.717, 1.165) is 44.6 Å². The number of hydrogen-bond acceptors (Lipinski definition) is 4. The van der Waals surface area contributed by atoms with Crippen LogP contribution in [0, 0.1) is 0 Å². The van der Waals surface area contributed by atoms with Crippen LogP contribution in [-0.2, 0) is 5.41 Å². The van der Waals surface area contributed by atoms with E-state index in [9.17, 15) is 0 Å². The molecule has 2 aromatic heterocycles. The quantitative estimate of drug-likeness (QED) is 0.163. The van der Waals surface area contributed by atoms with E-state index in [-0.39, 0.29) is 0 Å². The number of benzene rings is 8. The fourth-order valence-electron chi connectivity index (χ4n) is 8.92. The summed E-state index contributed by atoms with van der Waals surface area (Å²) in [5, 5.41) is 1.19. The lowest BCUT2D eigenvalue weighted by Crippen LogP contribution is -2.33. The third kappa shape index (κ3) is 5.84. The topological polar surface area (TPSA) is 51.6 Å². The van der Waals surface area contributed by atoms with Crippen LogP contribution >= 0.6 is 0 Å². The van der Waals surface area contributed by atoms with Gasteiger partial charge in [-0.1, -0.05) is 200 Å². The molecule has 10 aromatic rings. The van der Waals surface area contributed by atoms with E-state index in [4.69, 9.17) is 19.9 Å². The van der Waals surface area contributed by atoms with Crippen molar-refractivity contribution in [3.8, 4) is 67.7 Å². The highest BCUT2D eigenvalue weighted by atomic mass is 15.0. The van der Waals surface area contributed by atoms with Crippen molar-refractivity contribution in [3.63, 3.8) is 0 Å². The van der Waals surface area contributed by atoms with Crippen molar-refractivity contribution in [1.29, 1.82) is 0 Å². The van der Waals surface area contributed by atoms with E-state index in [0.29, 0.717) is 17.5 Å². The molecule has 0 saturated carbocycles. The molecule has 8 aromatic carbocycles. The number of hydrogen-bond donors (Lipinski definition) is 0. The van der Waals surface area contributed by atoms with Crippen LogP contribution in [0.2, 0.25) is 0 Å². The number of rotatable bonds is 7. The van der Waals surface area contributed by atoms with E-state index >= 15 is 0 Å². The van der Waals surface area contributed by atoms with Crippen molar-refractivity contribution >= 4 is 10.9 Å². The lowest BCUT2D eigenvalue weighted by Gasteiger charge is -2.42. The summed E-state index contributed by atoms with van der Waals surface area (Å²) in [5.41, 5.74) is 14.9. The van der Waals surface area contributed by atoms with Crippen molar-refractivity contribution in [2.24, 2.45) is 0 Å².